The third-order valence-electron chi connectivity index (χ3n) is 8.21. The number of carbonyl (C=O) groups excluding carboxylic acids is 1. The van der Waals surface area contributed by atoms with Crippen LogP contribution in [0.5, 0.6) is 0 Å². The smallest absolute Gasteiger partial charge is 0.300 e. The largest absolute Gasteiger partial charge is 3.00 e. The van der Waals surface area contributed by atoms with Gasteiger partial charge in [0, 0.05) is 28.7 Å². The first-order valence-electron chi connectivity index (χ1n) is 17.2. The minimum atomic E-state index is -0.309. The van der Waals surface area contributed by atoms with Crippen molar-refractivity contribution in [3.05, 3.63) is 169 Å². The molecule has 55 heavy (non-hydrogen) atoms. The van der Waals surface area contributed by atoms with E-state index in [1.54, 1.807) is 55.5 Å². The summed E-state index contributed by atoms with van der Waals surface area (Å²) < 4.78 is 53.0. The summed E-state index contributed by atoms with van der Waals surface area (Å²) in [6, 6.07) is 39.5. The molecular weight excluding hydrogens is 881 g/mol. The molecule has 0 unspecified atom stereocenters. The molecule has 0 bridgehead atoms. The molecule has 0 fully saturated rings. The SMILES string of the molecule is CCCC(C)=O.Fc1ccc(-c2nc3ccccc3nc2-c2ccc(F)cc2)cc1.Fc1ccc(-c2nc3ccccc3nc2-c2ccc(F)cc2)cc1.[Ir+3]. The van der Waals surface area contributed by atoms with Gasteiger partial charge in [-0.2, -0.15) is 0 Å². The van der Waals surface area contributed by atoms with E-state index in [0.29, 0.717) is 22.8 Å². The summed E-state index contributed by atoms with van der Waals surface area (Å²) in [7, 11) is 0. The van der Waals surface area contributed by atoms with Crippen LogP contribution >= 0.6 is 0 Å². The zero-order chi connectivity index (χ0) is 38.0. The second-order valence-electron chi connectivity index (χ2n) is 12.3. The Kier molecular flexibility index (Phi) is 13.8. The van der Waals surface area contributed by atoms with E-state index in [0.717, 1.165) is 57.2 Å². The molecule has 0 saturated carbocycles. The van der Waals surface area contributed by atoms with Crippen LogP contribution in [0, 0.1) is 23.3 Å². The van der Waals surface area contributed by atoms with Crippen molar-refractivity contribution < 1.29 is 42.5 Å². The first kappa shape index (κ1) is 40.2. The summed E-state index contributed by atoms with van der Waals surface area (Å²) in [5, 5.41) is 0. The second-order valence-corrected chi connectivity index (χ2v) is 12.3. The van der Waals surface area contributed by atoms with E-state index in [1.165, 1.54) is 48.5 Å². The number of hydrogen-bond donors (Lipinski definition) is 0. The molecule has 2 aromatic heterocycles. The van der Waals surface area contributed by atoms with Crippen molar-refractivity contribution in [1.29, 1.82) is 0 Å². The number of hydrogen-bond acceptors (Lipinski definition) is 5. The third-order valence-corrected chi connectivity index (χ3v) is 8.21. The molecule has 5 nitrogen and oxygen atoms in total. The number of aromatic nitrogens is 4. The van der Waals surface area contributed by atoms with Crippen LogP contribution in [-0.2, 0) is 24.9 Å². The average molecular weight is 915 g/mol. The fourth-order valence-corrected chi connectivity index (χ4v) is 5.59. The molecule has 2 heterocycles. The minimum absolute atomic E-state index is 0. The van der Waals surface area contributed by atoms with Crippen LogP contribution in [-0.4, -0.2) is 25.7 Å². The Bertz CT molecular complexity index is 2180. The van der Waals surface area contributed by atoms with E-state index in [2.05, 4.69) is 0 Å². The molecule has 0 aliphatic rings. The van der Waals surface area contributed by atoms with Crippen LogP contribution in [0.3, 0.4) is 0 Å². The van der Waals surface area contributed by atoms with Gasteiger partial charge >= 0.3 is 20.1 Å². The zero-order valence-corrected chi connectivity index (χ0v) is 32.2. The van der Waals surface area contributed by atoms with E-state index < -0.39 is 0 Å². The summed E-state index contributed by atoms with van der Waals surface area (Å²) in [6.07, 6.45) is 1.72. The van der Waals surface area contributed by atoms with Crippen LogP contribution in [0.2, 0.25) is 0 Å². The molecule has 0 aliphatic carbocycles. The summed E-state index contributed by atoms with van der Waals surface area (Å²) in [5.74, 6) is -0.948. The van der Waals surface area contributed by atoms with E-state index in [-0.39, 0.29) is 49.2 Å². The maximum absolute atomic E-state index is 13.2. The summed E-state index contributed by atoms with van der Waals surface area (Å²) in [5.41, 5.74) is 8.60. The van der Waals surface area contributed by atoms with E-state index in [4.69, 9.17) is 19.9 Å². The van der Waals surface area contributed by atoms with Crippen molar-refractivity contribution in [2.45, 2.75) is 26.7 Å². The number of rotatable bonds is 6. The van der Waals surface area contributed by atoms with Gasteiger partial charge in [0.1, 0.15) is 29.1 Å². The van der Waals surface area contributed by atoms with E-state index in [1.807, 2.05) is 55.5 Å². The number of ketones is 1. The number of benzene rings is 6. The van der Waals surface area contributed by atoms with Crippen molar-refractivity contribution in [3.63, 3.8) is 0 Å². The van der Waals surface area contributed by atoms with Gasteiger partial charge in [0.2, 0.25) is 0 Å². The van der Waals surface area contributed by atoms with Gasteiger partial charge in [0.25, 0.3) is 0 Å². The first-order chi connectivity index (χ1) is 26.2. The fraction of sp³-hybridized carbons (Fsp3) is 0.0889. The van der Waals surface area contributed by atoms with Gasteiger partial charge in [-0.3, -0.25) is 0 Å². The Morgan fingerprint density at radius 2 is 0.636 bits per heavy atom. The van der Waals surface area contributed by atoms with Crippen LogP contribution in [0.4, 0.5) is 17.6 Å². The molecule has 6 aromatic carbocycles. The Hall–Kier alpha value is -5.96. The van der Waals surface area contributed by atoms with E-state index >= 15 is 0 Å². The molecule has 10 heteroatoms. The molecule has 0 atom stereocenters. The van der Waals surface area contributed by atoms with Crippen LogP contribution in [0.1, 0.15) is 26.7 Å². The molecule has 0 aliphatic heterocycles. The van der Waals surface area contributed by atoms with Gasteiger partial charge in [-0.05, 0) is 135 Å². The summed E-state index contributed by atoms with van der Waals surface area (Å²) in [4.78, 5) is 28.8. The minimum Gasteiger partial charge on any atom is -0.300 e. The zero-order valence-electron chi connectivity index (χ0n) is 29.8. The Morgan fingerprint density at radius 1 is 0.418 bits per heavy atom. The Balaban J connectivity index is 0.000000181. The quantitative estimate of drug-likeness (QED) is 0.155. The molecular formula is C45H34F4IrN4O+3. The molecule has 8 aromatic rings. The van der Waals surface area contributed by atoms with Gasteiger partial charge in [-0.25, -0.2) is 37.5 Å². The van der Waals surface area contributed by atoms with Gasteiger partial charge in [-0.1, -0.05) is 31.2 Å². The van der Waals surface area contributed by atoms with Crippen molar-refractivity contribution in [3.8, 4) is 45.0 Å². The number of nitrogens with zero attached hydrogens (tertiary/aromatic N) is 4. The number of para-hydroxylation sites is 4. The van der Waals surface area contributed by atoms with Gasteiger partial charge in [0.15, 0.2) is 0 Å². The number of Topliss-reactive ketones (excluding diaryl/α,β-unsaturated/α-hetero) is 1. The number of fused-ring (bicyclic) bond motifs is 2. The molecule has 0 radical (unpaired) electrons. The van der Waals surface area contributed by atoms with Crippen molar-refractivity contribution in [2.24, 2.45) is 0 Å². The van der Waals surface area contributed by atoms with Crippen LogP contribution in [0.25, 0.3) is 67.1 Å². The Labute approximate surface area is 329 Å². The average Bonchev–Trinajstić information content (AvgIpc) is 3.19. The molecule has 0 spiro atoms. The molecule has 8 rings (SSSR count). The maximum atomic E-state index is 13.2. The topological polar surface area (TPSA) is 68.6 Å². The predicted octanol–water partition coefficient (Wildman–Crippen LogP) is 11.9. The number of halogens is 4. The van der Waals surface area contributed by atoms with Gasteiger partial charge in [0.05, 0.1) is 44.8 Å². The van der Waals surface area contributed by atoms with Crippen molar-refractivity contribution in [2.75, 3.05) is 0 Å². The standard InChI is InChI=1S/2C20H12F2N2.C5H10O.Ir/c2*21-15-9-5-13(6-10-15)19-20(14-7-11-16(22)12-8-14)24-18-4-2-1-3-17(18)23-19;1-3-4-5(2)6;/h2*1-12H;3-4H2,1-2H3;/q;;;+3. The van der Waals surface area contributed by atoms with Gasteiger partial charge in [-0.15, -0.1) is 0 Å². The molecule has 0 amide bonds. The third kappa shape index (κ3) is 10.4. The van der Waals surface area contributed by atoms with Crippen molar-refractivity contribution >= 4 is 27.9 Å². The van der Waals surface area contributed by atoms with Crippen molar-refractivity contribution in [1.82, 2.24) is 19.9 Å². The Morgan fingerprint density at radius 3 is 0.800 bits per heavy atom. The number of carbonyl (C=O) groups is 1. The first-order valence-corrected chi connectivity index (χ1v) is 17.2. The maximum Gasteiger partial charge on any atom is 3.00 e. The summed E-state index contributed by atoms with van der Waals surface area (Å²) in [6.45, 7) is 3.62. The van der Waals surface area contributed by atoms with E-state index in [9.17, 15) is 22.4 Å². The monoisotopic (exact) mass is 915 g/mol. The second kappa shape index (κ2) is 18.9. The van der Waals surface area contributed by atoms with Crippen LogP contribution < -0.4 is 0 Å². The normalized spacial score (nSPS) is 10.4. The van der Waals surface area contributed by atoms with Crippen LogP contribution in [0.15, 0.2) is 146 Å². The fourth-order valence-electron chi connectivity index (χ4n) is 5.59. The predicted molar refractivity (Wildman–Crippen MR) is 206 cm³/mol. The molecule has 274 valence electrons. The molecule has 0 saturated heterocycles. The summed E-state index contributed by atoms with van der Waals surface area (Å²) >= 11 is 0. The molecule has 0 N–H and O–H groups in total. The van der Waals surface area contributed by atoms with Gasteiger partial charge < -0.3 is 4.79 Å².